The van der Waals surface area contributed by atoms with Gasteiger partial charge in [-0.3, -0.25) is 4.79 Å². The summed E-state index contributed by atoms with van der Waals surface area (Å²) in [4.78, 5) is 12.3. The molecule has 1 aliphatic rings. The average Bonchev–Trinajstić information content (AvgIpc) is 3.07. The van der Waals surface area contributed by atoms with Gasteiger partial charge in [-0.1, -0.05) is 11.6 Å². The summed E-state index contributed by atoms with van der Waals surface area (Å²) in [5.41, 5.74) is 0.416. The lowest BCUT2D eigenvalue weighted by Gasteiger charge is -2.12. The van der Waals surface area contributed by atoms with Crippen LogP contribution in [0.2, 0.25) is 5.02 Å². The normalized spacial score (nSPS) is 14.0. The second kappa shape index (κ2) is 5.33. The molecule has 110 valence electrons. The van der Waals surface area contributed by atoms with Crippen molar-refractivity contribution in [1.29, 1.82) is 0 Å². The monoisotopic (exact) mass is 307 g/mol. The lowest BCUT2D eigenvalue weighted by molar-refractivity contribution is 0.0934. The van der Waals surface area contributed by atoms with Crippen LogP contribution in [0.4, 0.5) is 0 Å². The second-order valence-electron chi connectivity index (χ2n) is 4.84. The number of benzene rings is 1. The largest absolute Gasteiger partial charge is 0.464 e. The number of fused-ring (bicyclic) bond motifs is 1. The summed E-state index contributed by atoms with van der Waals surface area (Å²) in [6.45, 7) is 3.82. The Balaban J connectivity index is 1.78. The Morgan fingerprint density at radius 1 is 1.33 bits per heavy atom. The zero-order chi connectivity index (χ0) is 15.0. The molecule has 0 radical (unpaired) electrons. The van der Waals surface area contributed by atoms with Crippen LogP contribution in [0, 0.1) is 6.92 Å². The number of aryl methyl sites for hydroxylation is 1. The SMILES string of the molecule is Cc1ccc(C(C)NC(=O)c2cc(Cl)c3c(c2)OCO3)o1. The van der Waals surface area contributed by atoms with Crippen molar-refractivity contribution < 1.29 is 18.7 Å². The highest BCUT2D eigenvalue weighted by Gasteiger charge is 2.22. The Hall–Kier alpha value is -2.14. The quantitative estimate of drug-likeness (QED) is 0.943. The first kappa shape index (κ1) is 13.8. The Morgan fingerprint density at radius 3 is 2.86 bits per heavy atom. The first-order valence-corrected chi connectivity index (χ1v) is 6.89. The Kier molecular flexibility index (Phi) is 3.51. The molecule has 1 unspecified atom stereocenters. The Bertz CT molecular complexity index is 695. The maximum absolute atomic E-state index is 12.3. The molecule has 2 heterocycles. The molecule has 1 amide bonds. The molecule has 5 nitrogen and oxygen atoms in total. The summed E-state index contributed by atoms with van der Waals surface area (Å²) in [5, 5.41) is 3.21. The number of ether oxygens (including phenoxy) is 2. The molecule has 1 N–H and O–H groups in total. The van der Waals surface area contributed by atoms with Gasteiger partial charge in [0.25, 0.3) is 5.91 Å². The number of rotatable bonds is 3. The number of amides is 1. The molecule has 3 rings (SSSR count). The first-order chi connectivity index (χ1) is 10.0. The van der Waals surface area contributed by atoms with E-state index < -0.39 is 0 Å². The standard InChI is InChI=1S/C15H14ClNO4/c1-8-3-4-12(21-8)9(2)17-15(18)10-5-11(16)14-13(6-10)19-7-20-14/h3-6,9H,7H2,1-2H3,(H,17,18). The molecule has 1 atom stereocenters. The van der Waals surface area contributed by atoms with E-state index in [9.17, 15) is 4.79 Å². The highest BCUT2D eigenvalue weighted by atomic mass is 35.5. The summed E-state index contributed by atoms with van der Waals surface area (Å²) < 4.78 is 16.0. The van der Waals surface area contributed by atoms with E-state index in [1.54, 1.807) is 12.1 Å². The third kappa shape index (κ3) is 2.69. The Morgan fingerprint density at radius 2 is 2.14 bits per heavy atom. The van der Waals surface area contributed by atoms with Gasteiger partial charge >= 0.3 is 0 Å². The summed E-state index contributed by atoms with van der Waals surface area (Å²) in [7, 11) is 0. The van der Waals surface area contributed by atoms with Gasteiger partial charge in [0.1, 0.15) is 11.5 Å². The molecular weight excluding hydrogens is 294 g/mol. The van der Waals surface area contributed by atoms with Gasteiger partial charge in [-0.05, 0) is 38.1 Å². The van der Waals surface area contributed by atoms with Crippen LogP contribution in [0.1, 0.15) is 34.8 Å². The molecule has 0 fully saturated rings. The van der Waals surface area contributed by atoms with E-state index >= 15 is 0 Å². The van der Waals surface area contributed by atoms with E-state index in [1.165, 1.54) is 0 Å². The minimum atomic E-state index is -0.253. The van der Waals surface area contributed by atoms with E-state index in [2.05, 4.69) is 5.32 Å². The van der Waals surface area contributed by atoms with Crippen LogP contribution in [0.3, 0.4) is 0 Å². The molecule has 0 saturated heterocycles. The van der Waals surface area contributed by atoms with Gasteiger partial charge in [-0.15, -0.1) is 0 Å². The first-order valence-electron chi connectivity index (χ1n) is 6.51. The highest BCUT2D eigenvalue weighted by Crippen LogP contribution is 2.39. The van der Waals surface area contributed by atoms with Gasteiger partial charge in [-0.2, -0.15) is 0 Å². The molecule has 2 aromatic rings. The lowest BCUT2D eigenvalue weighted by atomic mass is 10.1. The van der Waals surface area contributed by atoms with Crippen molar-refractivity contribution in [1.82, 2.24) is 5.32 Å². The number of furan rings is 1. The molecule has 0 spiro atoms. The summed E-state index contributed by atoms with van der Waals surface area (Å²) in [6, 6.07) is 6.63. The minimum Gasteiger partial charge on any atom is -0.464 e. The van der Waals surface area contributed by atoms with Gasteiger partial charge in [0.05, 0.1) is 11.1 Å². The molecule has 6 heteroatoms. The zero-order valence-electron chi connectivity index (χ0n) is 11.6. The van der Waals surface area contributed by atoms with E-state index in [4.69, 9.17) is 25.5 Å². The number of carbonyl (C=O) groups is 1. The number of nitrogens with one attached hydrogen (secondary N) is 1. The van der Waals surface area contributed by atoms with Gasteiger partial charge in [0, 0.05) is 5.56 Å². The average molecular weight is 308 g/mol. The summed E-state index contributed by atoms with van der Waals surface area (Å²) in [5.74, 6) is 2.21. The molecule has 1 aromatic carbocycles. The van der Waals surface area contributed by atoms with E-state index in [-0.39, 0.29) is 18.7 Å². The number of hydrogen-bond acceptors (Lipinski definition) is 4. The van der Waals surface area contributed by atoms with Crippen LogP contribution in [0.25, 0.3) is 0 Å². The van der Waals surface area contributed by atoms with Gasteiger partial charge in [0.2, 0.25) is 6.79 Å². The Labute approximate surface area is 126 Å². The summed E-state index contributed by atoms with van der Waals surface area (Å²) >= 11 is 6.07. The van der Waals surface area contributed by atoms with Gasteiger partial charge in [0.15, 0.2) is 11.5 Å². The molecule has 1 aliphatic heterocycles. The van der Waals surface area contributed by atoms with Crippen LogP contribution in [-0.2, 0) is 0 Å². The minimum absolute atomic E-state index is 0.113. The van der Waals surface area contributed by atoms with Crippen LogP contribution < -0.4 is 14.8 Å². The molecule has 1 aromatic heterocycles. The van der Waals surface area contributed by atoms with Crippen LogP contribution in [0.15, 0.2) is 28.7 Å². The van der Waals surface area contributed by atoms with Crippen molar-refractivity contribution in [2.24, 2.45) is 0 Å². The third-order valence-corrected chi connectivity index (χ3v) is 3.51. The second-order valence-corrected chi connectivity index (χ2v) is 5.24. The number of hydrogen-bond donors (Lipinski definition) is 1. The van der Waals surface area contributed by atoms with Crippen LogP contribution in [0.5, 0.6) is 11.5 Å². The predicted octanol–water partition coefficient (Wildman–Crippen LogP) is 3.46. The maximum atomic E-state index is 12.3. The molecular formula is C15H14ClNO4. The molecule has 21 heavy (non-hydrogen) atoms. The van der Waals surface area contributed by atoms with E-state index in [1.807, 2.05) is 26.0 Å². The van der Waals surface area contributed by atoms with Crippen molar-refractivity contribution in [3.63, 3.8) is 0 Å². The zero-order valence-corrected chi connectivity index (χ0v) is 12.4. The van der Waals surface area contributed by atoms with E-state index in [0.717, 1.165) is 5.76 Å². The van der Waals surface area contributed by atoms with Crippen molar-refractivity contribution in [3.8, 4) is 11.5 Å². The number of halogens is 1. The summed E-state index contributed by atoms with van der Waals surface area (Å²) in [6.07, 6.45) is 0. The lowest BCUT2D eigenvalue weighted by Crippen LogP contribution is -2.26. The fraction of sp³-hybridized carbons (Fsp3) is 0.267. The topological polar surface area (TPSA) is 60.7 Å². The molecule has 0 aliphatic carbocycles. The molecule has 0 saturated carbocycles. The van der Waals surface area contributed by atoms with Crippen LogP contribution >= 0.6 is 11.6 Å². The van der Waals surface area contributed by atoms with Crippen LogP contribution in [-0.4, -0.2) is 12.7 Å². The van der Waals surface area contributed by atoms with Crippen molar-refractivity contribution in [2.75, 3.05) is 6.79 Å². The molecule has 0 bridgehead atoms. The number of carbonyl (C=O) groups excluding carboxylic acids is 1. The van der Waals surface area contributed by atoms with Crippen molar-refractivity contribution in [2.45, 2.75) is 19.9 Å². The third-order valence-electron chi connectivity index (χ3n) is 3.22. The predicted molar refractivity (Wildman–Crippen MR) is 76.9 cm³/mol. The van der Waals surface area contributed by atoms with Crippen molar-refractivity contribution in [3.05, 3.63) is 46.4 Å². The van der Waals surface area contributed by atoms with Gasteiger partial charge in [-0.25, -0.2) is 0 Å². The van der Waals surface area contributed by atoms with Gasteiger partial charge < -0.3 is 19.2 Å². The van der Waals surface area contributed by atoms with E-state index in [0.29, 0.717) is 27.8 Å². The fourth-order valence-corrected chi connectivity index (χ4v) is 2.40. The highest BCUT2D eigenvalue weighted by molar-refractivity contribution is 6.32. The smallest absolute Gasteiger partial charge is 0.252 e. The maximum Gasteiger partial charge on any atom is 0.252 e. The fourth-order valence-electron chi connectivity index (χ4n) is 2.14. The van der Waals surface area contributed by atoms with Crippen molar-refractivity contribution >= 4 is 17.5 Å².